The van der Waals surface area contributed by atoms with Gasteiger partial charge in [-0.1, -0.05) is 44.2 Å². The molecule has 0 saturated heterocycles. The number of hydrogen-bond donors (Lipinski definition) is 2. The zero-order valence-corrected chi connectivity index (χ0v) is 21.3. The highest BCUT2D eigenvalue weighted by Gasteiger charge is 2.65. The van der Waals surface area contributed by atoms with Crippen LogP contribution in [0.25, 0.3) is 28.2 Å². The molecule has 2 unspecified atom stereocenters. The van der Waals surface area contributed by atoms with Crippen molar-refractivity contribution in [3.63, 3.8) is 0 Å². The zero-order valence-electron chi connectivity index (χ0n) is 21.3. The van der Waals surface area contributed by atoms with E-state index in [9.17, 15) is 5.11 Å². The fraction of sp³-hybridized carbons (Fsp3) is 0.433. The second-order valence-electron chi connectivity index (χ2n) is 12.7. The highest BCUT2D eigenvalue weighted by molar-refractivity contribution is 5.69. The molecule has 4 aromatic rings. The second-order valence-corrected chi connectivity index (χ2v) is 12.7. The lowest BCUT2D eigenvalue weighted by Crippen LogP contribution is -2.67. The maximum Gasteiger partial charge on any atom is 0.223 e. The largest absolute Gasteiger partial charge is 0.390 e. The lowest BCUT2D eigenvalue weighted by molar-refractivity contribution is -0.192. The van der Waals surface area contributed by atoms with E-state index >= 15 is 0 Å². The normalized spacial score (nSPS) is 32.8. The summed E-state index contributed by atoms with van der Waals surface area (Å²) in [6.45, 7) is 6.76. The number of aryl methyl sites for hydroxylation is 1. The summed E-state index contributed by atoms with van der Waals surface area (Å²) in [7, 11) is 0. The van der Waals surface area contributed by atoms with Gasteiger partial charge in [0.25, 0.3) is 0 Å². The maximum absolute atomic E-state index is 11.5. The third kappa shape index (κ3) is 3.46. The molecule has 3 aromatic heterocycles. The quantitative estimate of drug-likeness (QED) is 0.373. The van der Waals surface area contributed by atoms with Gasteiger partial charge in [0.2, 0.25) is 5.95 Å². The van der Waals surface area contributed by atoms with E-state index in [4.69, 9.17) is 9.97 Å². The monoisotopic (exact) mass is 479 g/mol. The average Bonchev–Trinajstić information content (AvgIpc) is 3.21. The number of nitrogens with zero attached hydrogens (tertiary/aromatic N) is 4. The van der Waals surface area contributed by atoms with Gasteiger partial charge < -0.3 is 10.4 Å². The Kier molecular flexibility index (Phi) is 4.37. The summed E-state index contributed by atoms with van der Waals surface area (Å²) in [5.74, 6) is 0.641. The van der Waals surface area contributed by atoms with Crippen molar-refractivity contribution in [3.05, 3.63) is 66.6 Å². The first-order valence-electron chi connectivity index (χ1n) is 13.0. The molecule has 2 atom stereocenters. The molecule has 0 radical (unpaired) electrons. The van der Waals surface area contributed by atoms with E-state index in [1.807, 2.05) is 18.5 Å². The van der Waals surface area contributed by atoms with Crippen molar-refractivity contribution >= 4 is 11.6 Å². The summed E-state index contributed by atoms with van der Waals surface area (Å²) >= 11 is 0. The number of hydrogen-bond acceptors (Lipinski definition) is 5. The fourth-order valence-electron chi connectivity index (χ4n) is 8.72. The van der Waals surface area contributed by atoms with Gasteiger partial charge in [0.05, 0.1) is 23.2 Å². The van der Waals surface area contributed by atoms with Crippen LogP contribution in [0.1, 0.15) is 57.9 Å². The third-order valence-corrected chi connectivity index (χ3v) is 8.77. The van der Waals surface area contributed by atoms with Crippen LogP contribution in [0.2, 0.25) is 0 Å². The van der Waals surface area contributed by atoms with Crippen molar-refractivity contribution in [2.45, 2.75) is 70.4 Å². The van der Waals surface area contributed by atoms with Crippen LogP contribution in [-0.4, -0.2) is 35.6 Å². The molecule has 4 saturated carbocycles. The summed E-state index contributed by atoms with van der Waals surface area (Å²) in [5.41, 5.74) is 5.60. The molecule has 4 bridgehead atoms. The smallest absolute Gasteiger partial charge is 0.223 e. The van der Waals surface area contributed by atoms with Crippen molar-refractivity contribution in [2.75, 3.05) is 5.32 Å². The van der Waals surface area contributed by atoms with E-state index in [-0.39, 0.29) is 16.4 Å². The molecule has 0 spiro atoms. The van der Waals surface area contributed by atoms with Crippen LogP contribution in [0, 0.1) is 17.8 Å². The van der Waals surface area contributed by atoms with E-state index in [0.29, 0.717) is 5.95 Å². The molecule has 3 heterocycles. The molecular formula is C30H33N5O. The molecule has 36 heavy (non-hydrogen) atoms. The number of pyridine rings is 1. The molecule has 8 rings (SSSR count). The predicted octanol–water partition coefficient (Wildman–Crippen LogP) is 6.04. The number of aliphatic hydroxyl groups is 1. The maximum atomic E-state index is 11.5. The van der Waals surface area contributed by atoms with E-state index in [1.54, 1.807) is 0 Å². The lowest BCUT2D eigenvalue weighted by Gasteiger charge is -2.68. The van der Waals surface area contributed by atoms with Gasteiger partial charge in [-0.3, -0.25) is 4.40 Å². The topological polar surface area (TPSA) is 75.3 Å². The number of aromatic nitrogens is 4. The summed E-state index contributed by atoms with van der Waals surface area (Å²) in [6, 6.07) is 14.6. The molecule has 6 heteroatoms. The van der Waals surface area contributed by atoms with E-state index in [2.05, 4.69) is 78.1 Å². The van der Waals surface area contributed by atoms with Crippen LogP contribution in [0.4, 0.5) is 5.95 Å². The molecular weight excluding hydrogens is 446 g/mol. The van der Waals surface area contributed by atoms with Gasteiger partial charge in [-0.05, 0) is 85.1 Å². The molecule has 4 aliphatic rings. The van der Waals surface area contributed by atoms with Crippen molar-refractivity contribution in [1.29, 1.82) is 0 Å². The van der Waals surface area contributed by atoms with Gasteiger partial charge in [-0.2, -0.15) is 0 Å². The fourth-order valence-corrected chi connectivity index (χ4v) is 8.72. The molecule has 184 valence electrons. The minimum Gasteiger partial charge on any atom is -0.390 e. The Balaban J connectivity index is 1.27. The van der Waals surface area contributed by atoms with Gasteiger partial charge >= 0.3 is 0 Å². The molecule has 0 amide bonds. The highest BCUT2D eigenvalue weighted by atomic mass is 16.3. The average molecular weight is 480 g/mol. The minimum absolute atomic E-state index is 0.161. The summed E-state index contributed by atoms with van der Waals surface area (Å²) in [6.07, 6.45) is 11.8. The molecule has 0 aliphatic heterocycles. The number of anilines is 1. The van der Waals surface area contributed by atoms with E-state index in [0.717, 1.165) is 60.3 Å². The second kappa shape index (κ2) is 7.16. The van der Waals surface area contributed by atoms with Crippen LogP contribution in [-0.2, 0) is 0 Å². The molecule has 1 aromatic carbocycles. The zero-order chi connectivity index (χ0) is 24.8. The third-order valence-electron chi connectivity index (χ3n) is 8.77. The number of fused-ring (bicyclic) bond motifs is 1. The standard InChI is InChI=1S/C30H33N5O/c1-20-11-32-26(34-29-15-27(2)14-28(3,16-29)18-30(36,17-27)19-29)33-25(20)23-12-31-24-10-9-22(13-35(23)24)21-7-5-4-6-8-21/h4-13,36H,14-19H2,1-3H3,(H,32,33,34). The van der Waals surface area contributed by atoms with Gasteiger partial charge in [-0.25, -0.2) is 15.0 Å². The van der Waals surface area contributed by atoms with E-state index < -0.39 is 5.60 Å². The van der Waals surface area contributed by atoms with Crippen LogP contribution in [0.3, 0.4) is 0 Å². The summed E-state index contributed by atoms with van der Waals surface area (Å²) in [4.78, 5) is 14.4. The SMILES string of the molecule is Cc1cnc(NC23CC4(C)CC(C)(CC(O)(C4)C2)C3)nc1-c1cnc2ccc(-c3ccccc3)cn12. The van der Waals surface area contributed by atoms with E-state index in [1.165, 1.54) is 12.0 Å². The Morgan fingerprint density at radius 2 is 1.58 bits per heavy atom. The molecule has 6 nitrogen and oxygen atoms in total. The molecule has 2 N–H and O–H groups in total. The Bertz CT molecular complexity index is 1440. The van der Waals surface area contributed by atoms with Crippen molar-refractivity contribution < 1.29 is 5.11 Å². The van der Waals surface area contributed by atoms with Gasteiger partial charge in [0.1, 0.15) is 5.65 Å². The first-order chi connectivity index (χ1) is 17.1. The number of nitrogens with one attached hydrogen (secondary N) is 1. The molecule has 4 fully saturated rings. The first-order valence-corrected chi connectivity index (χ1v) is 13.0. The Hall–Kier alpha value is -3.25. The van der Waals surface area contributed by atoms with Crippen LogP contribution < -0.4 is 5.32 Å². The van der Waals surface area contributed by atoms with Crippen molar-refractivity contribution in [1.82, 2.24) is 19.4 Å². The van der Waals surface area contributed by atoms with Crippen LogP contribution in [0.15, 0.2) is 61.1 Å². The predicted molar refractivity (Wildman–Crippen MR) is 142 cm³/mol. The summed E-state index contributed by atoms with van der Waals surface area (Å²) < 4.78 is 2.12. The minimum atomic E-state index is -0.589. The highest BCUT2D eigenvalue weighted by Crippen LogP contribution is 2.68. The lowest BCUT2D eigenvalue weighted by atomic mass is 9.41. The van der Waals surface area contributed by atoms with Crippen LogP contribution in [0.5, 0.6) is 0 Å². The Morgan fingerprint density at radius 3 is 2.31 bits per heavy atom. The van der Waals surface area contributed by atoms with Gasteiger partial charge in [0, 0.05) is 17.9 Å². The summed E-state index contributed by atoms with van der Waals surface area (Å²) in [5, 5.41) is 15.2. The first kappa shape index (κ1) is 22.0. The Labute approximate surface area is 211 Å². The Morgan fingerprint density at radius 1 is 0.833 bits per heavy atom. The van der Waals surface area contributed by atoms with Gasteiger partial charge in [-0.15, -0.1) is 0 Å². The van der Waals surface area contributed by atoms with Crippen LogP contribution >= 0.6 is 0 Å². The number of benzene rings is 1. The number of rotatable bonds is 4. The molecule has 4 aliphatic carbocycles. The van der Waals surface area contributed by atoms with Crippen molar-refractivity contribution in [2.24, 2.45) is 10.8 Å². The van der Waals surface area contributed by atoms with Crippen molar-refractivity contribution in [3.8, 4) is 22.5 Å². The van der Waals surface area contributed by atoms with Gasteiger partial charge in [0.15, 0.2) is 0 Å². The number of imidazole rings is 1.